The number of phenols is 2. The summed E-state index contributed by atoms with van der Waals surface area (Å²) in [4.78, 5) is 4.24. The highest BCUT2D eigenvalue weighted by Crippen LogP contribution is 2.64. The van der Waals surface area contributed by atoms with Crippen LogP contribution in [0, 0.1) is 5.92 Å². The minimum Gasteiger partial charge on any atom is -0.508 e. The third-order valence-electron chi connectivity index (χ3n) is 5.88. The van der Waals surface area contributed by atoms with E-state index in [0.717, 1.165) is 40.7 Å². The third kappa shape index (κ3) is 4.23. The van der Waals surface area contributed by atoms with Crippen molar-refractivity contribution in [3.63, 3.8) is 0 Å². The molecule has 2 unspecified atom stereocenters. The van der Waals surface area contributed by atoms with Gasteiger partial charge in [0.15, 0.2) is 5.44 Å². The monoisotopic (exact) mass is 455 g/mol. The fourth-order valence-electron chi connectivity index (χ4n) is 4.21. The Hall–Kier alpha value is -2.90. The maximum atomic E-state index is 12.5. The molecule has 0 aromatic heterocycles. The molecule has 168 valence electrons. The van der Waals surface area contributed by atoms with Gasteiger partial charge < -0.3 is 19.7 Å². The fraction of sp³-hybridized carbons (Fsp3) is 0.280. The molecular weight excluding hydrogens is 429 g/mol. The molecule has 0 saturated carbocycles. The Labute approximate surface area is 189 Å². The normalized spacial score (nSPS) is 21.5. The molecule has 5 nitrogen and oxygen atoms in total. The number of hydrogen-bond donors (Lipinski definition) is 3. The minimum atomic E-state index is -0.926. The zero-order chi connectivity index (χ0) is 22.1. The van der Waals surface area contributed by atoms with Crippen LogP contribution in [0.2, 0.25) is 0 Å². The number of rotatable bonds is 7. The summed E-state index contributed by atoms with van der Waals surface area (Å²) >= 11 is 0. The average Bonchev–Trinajstić information content (AvgIpc) is 3.14. The quantitative estimate of drug-likeness (QED) is 0.443. The Morgan fingerprint density at radius 2 is 1.78 bits per heavy atom. The van der Waals surface area contributed by atoms with Crippen molar-refractivity contribution in [1.29, 1.82) is 0 Å². The molecule has 0 aliphatic carbocycles. The van der Waals surface area contributed by atoms with E-state index in [4.69, 9.17) is 9.47 Å². The van der Waals surface area contributed by atoms with Gasteiger partial charge in [-0.25, -0.2) is 0 Å². The summed E-state index contributed by atoms with van der Waals surface area (Å²) in [7, 11) is -0.926. The van der Waals surface area contributed by atoms with E-state index >= 15 is 0 Å². The Morgan fingerprint density at radius 1 is 1.00 bits per heavy atom. The SMILES string of the molecule is Oc1cccc([SH]2c3ccc(O)cc3OC2c2ccc(OCCN3CC(CF)C3)cc2)c1. The first-order valence-electron chi connectivity index (χ1n) is 10.7. The van der Waals surface area contributed by atoms with Crippen LogP contribution in [0.15, 0.2) is 76.5 Å². The second-order valence-electron chi connectivity index (χ2n) is 8.21. The van der Waals surface area contributed by atoms with Gasteiger partial charge in [0.2, 0.25) is 0 Å². The van der Waals surface area contributed by atoms with Gasteiger partial charge in [-0.1, -0.05) is 18.2 Å². The number of fused-ring (bicyclic) bond motifs is 1. The van der Waals surface area contributed by atoms with Crippen LogP contribution in [0.4, 0.5) is 4.39 Å². The van der Waals surface area contributed by atoms with E-state index in [1.165, 1.54) is 0 Å². The Kier molecular flexibility index (Phi) is 5.85. The first-order chi connectivity index (χ1) is 15.6. The number of halogens is 1. The molecule has 2 heterocycles. The molecule has 32 heavy (non-hydrogen) atoms. The molecule has 5 rings (SSSR count). The zero-order valence-electron chi connectivity index (χ0n) is 17.5. The molecule has 3 aromatic rings. The molecule has 2 N–H and O–H groups in total. The highest BCUT2D eigenvalue weighted by atomic mass is 32.2. The van der Waals surface area contributed by atoms with Crippen LogP contribution in [-0.4, -0.2) is 48.0 Å². The van der Waals surface area contributed by atoms with Crippen molar-refractivity contribution in [3.05, 3.63) is 72.3 Å². The summed E-state index contributed by atoms with van der Waals surface area (Å²) in [6, 6.07) is 20.4. The van der Waals surface area contributed by atoms with E-state index in [-0.39, 0.29) is 29.5 Å². The first kappa shape index (κ1) is 21.0. The van der Waals surface area contributed by atoms with E-state index in [1.807, 2.05) is 42.5 Å². The molecule has 1 saturated heterocycles. The van der Waals surface area contributed by atoms with Gasteiger partial charge in [0.05, 0.1) is 6.67 Å². The lowest BCUT2D eigenvalue weighted by Gasteiger charge is -2.37. The van der Waals surface area contributed by atoms with Gasteiger partial charge in [-0.05, 0) is 47.4 Å². The van der Waals surface area contributed by atoms with Gasteiger partial charge in [0.1, 0.15) is 29.6 Å². The van der Waals surface area contributed by atoms with Crippen LogP contribution in [0.25, 0.3) is 0 Å². The first-order valence-corrected chi connectivity index (χ1v) is 12.1. The molecular formula is C25H26FNO4S. The summed E-state index contributed by atoms with van der Waals surface area (Å²) in [6.45, 7) is 2.75. The van der Waals surface area contributed by atoms with Gasteiger partial charge in [0.25, 0.3) is 0 Å². The number of benzene rings is 3. The van der Waals surface area contributed by atoms with Crippen LogP contribution in [0.5, 0.6) is 23.0 Å². The second-order valence-corrected chi connectivity index (χ2v) is 10.4. The van der Waals surface area contributed by atoms with Crippen molar-refractivity contribution in [3.8, 4) is 23.0 Å². The number of thiol groups is 1. The number of likely N-dealkylation sites (tertiary alicyclic amines) is 1. The van der Waals surface area contributed by atoms with Crippen LogP contribution in [0.1, 0.15) is 11.0 Å². The van der Waals surface area contributed by atoms with Crippen molar-refractivity contribution in [2.75, 3.05) is 32.9 Å². The van der Waals surface area contributed by atoms with Crippen LogP contribution < -0.4 is 9.47 Å². The molecule has 3 aromatic carbocycles. The molecule has 1 fully saturated rings. The van der Waals surface area contributed by atoms with Crippen molar-refractivity contribution >= 4 is 10.9 Å². The Bertz CT molecular complexity index is 1090. The standard InChI is InChI=1S/C25H26FNO4S/c26-14-17-15-27(16-17)10-11-30-21-7-4-18(5-8-21)25-31-23-13-20(29)6-9-24(23)32(25)22-3-1-2-19(28)12-22/h1-9,12-13,17,25,28-29,32H,10-11,14-16H2. The zero-order valence-corrected chi connectivity index (χ0v) is 18.4. The Balaban J connectivity index is 1.31. The fourth-order valence-corrected chi connectivity index (χ4v) is 6.81. The van der Waals surface area contributed by atoms with Crippen molar-refractivity contribution in [1.82, 2.24) is 4.90 Å². The maximum absolute atomic E-state index is 12.5. The summed E-state index contributed by atoms with van der Waals surface area (Å²) in [5.41, 5.74) is 0.785. The number of hydrogen-bond acceptors (Lipinski definition) is 5. The molecule has 7 heteroatoms. The van der Waals surface area contributed by atoms with E-state index in [1.54, 1.807) is 24.3 Å². The van der Waals surface area contributed by atoms with Crippen molar-refractivity contribution in [2.24, 2.45) is 5.92 Å². The second kappa shape index (κ2) is 8.92. The molecule has 0 amide bonds. The van der Waals surface area contributed by atoms with Crippen LogP contribution in [0.3, 0.4) is 0 Å². The third-order valence-corrected chi connectivity index (χ3v) is 8.47. The lowest BCUT2D eigenvalue weighted by atomic mass is 10.0. The average molecular weight is 456 g/mol. The number of aromatic hydroxyl groups is 2. The number of nitrogens with zero attached hydrogens (tertiary/aromatic N) is 1. The predicted octanol–water partition coefficient (Wildman–Crippen LogP) is 4.89. The molecule has 0 radical (unpaired) electrons. The van der Waals surface area contributed by atoms with Crippen molar-refractivity contribution in [2.45, 2.75) is 15.2 Å². The van der Waals surface area contributed by atoms with E-state index in [9.17, 15) is 14.6 Å². The minimum absolute atomic E-state index is 0.166. The van der Waals surface area contributed by atoms with Crippen LogP contribution in [-0.2, 0) is 0 Å². The van der Waals surface area contributed by atoms with Gasteiger partial charge in [-0.3, -0.25) is 9.29 Å². The van der Waals surface area contributed by atoms with Gasteiger partial charge in [-0.15, -0.1) is 0 Å². The van der Waals surface area contributed by atoms with Gasteiger partial charge in [0, 0.05) is 42.1 Å². The number of ether oxygens (including phenoxy) is 2. The lowest BCUT2D eigenvalue weighted by molar-refractivity contribution is 0.0668. The van der Waals surface area contributed by atoms with Gasteiger partial charge >= 0.3 is 0 Å². The predicted molar refractivity (Wildman–Crippen MR) is 123 cm³/mol. The highest BCUT2D eigenvalue weighted by Gasteiger charge is 2.34. The summed E-state index contributed by atoms with van der Waals surface area (Å²) < 4.78 is 24.7. The number of alkyl halides is 1. The van der Waals surface area contributed by atoms with Crippen molar-refractivity contribution < 1.29 is 24.1 Å². The number of phenolic OH excluding ortho intramolecular Hbond substituents is 2. The maximum Gasteiger partial charge on any atom is 0.159 e. The molecule has 0 bridgehead atoms. The van der Waals surface area contributed by atoms with Gasteiger partial charge in [-0.2, -0.15) is 10.9 Å². The van der Waals surface area contributed by atoms with E-state index < -0.39 is 10.9 Å². The van der Waals surface area contributed by atoms with E-state index in [0.29, 0.717) is 12.4 Å². The molecule has 0 spiro atoms. The largest absolute Gasteiger partial charge is 0.508 e. The highest BCUT2D eigenvalue weighted by molar-refractivity contribution is 8.17. The van der Waals surface area contributed by atoms with Crippen LogP contribution >= 0.6 is 10.9 Å². The molecule has 2 atom stereocenters. The summed E-state index contributed by atoms with van der Waals surface area (Å²) in [5.74, 6) is 2.03. The summed E-state index contributed by atoms with van der Waals surface area (Å²) in [5, 5.41) is 19.9. The topological polar surface area (TPSA) is 62.2 Å². The lowest BCUT2D eigenvalue weighted by Crippen LogP contribution is -2.49. The summed E-state index contributed by atoms with van der Waals surface area (Å²) in [6.07, 6.45) is 0. The molecule has 2 aliphatic heterocycles. The smallest absolute Gasteiger partial charge is 0.159 e. The Morgan fingerprint density at radius 3 is 2.53 bits per heavy atom. The van der Waals surface area contributed by atoms with E-state index in [2.05, 4.69) is 4.90 Å². The molecule has 2 aliphatic rings.